The van der Waals surface area contributed by atoms with Crippen LogP contribution in [0.1, 0.15) is 34.1 Å². The van der Waals surface area contributed by atoms with Crippen LogP contribution in [0, 0.1) is 0 Å². The third-order valence-corrected chi connectivity index (χ3v) is 3.00. The molecule has 0 N–H and O–H groups in total. The van der Waals surface area contributed by atoms with E-state index < -0.39 is 0 Å². The fourth-order valence-corrected chi connectivity index (χ4v) is 1.25. The van der Waals surface area contributed by atoms with Gasteiger partial charge in [-0.3, -0.25) is 0 Å². The van der Waals surface area contributed by atoms with Crippen LogP contribution in [0.25, 0.3) is 0 Å². The van der Waals surface area contributed by atoms with Gasteiger partial charge in [0.25, 0.3) is 0 Å². The van der Waals surface area contributed by atoms with Crippen LogP contribution < -0.4 is 0 Å². The van der Waals surface area contributed by atoms with Gasteiger partial charge in [0.2, 0.25) is 0 Å². The first-order chi connectivity index (χ1) is 5.42. The zero-order valence-corrected chi connectivity index (χ0v) is 8.18. The van der Waals surface area contributed by atoms with Gasteiger partial charge in [-0.05, 0) is 39.6 Å². The Morgan fingerprint density at radius 1 is 1.17 bits per heavy atom. The summed E-state index contributed by atoms with van der Waals surface area (Å²) in [5.74, 6) is 0. The summed E-state index contributed by atoms with van der Waals surface area (Å²) in [5, 5.41) is 0. The zero-order valence-electron chi connectivity index (χ0n) is 8.18. The molecular weight excluding hydrogens is 151 g/mol. The van der Waals surface area contributed by atoms with Crippen molar-refractivity contribution in [3.63, 3.8) is 0 Å². The monoisotopic (exact) mass is 166 g/mol. The molecule has 3 heteroatoms. The molecular formula is C9H15BO2. The molecule has 0 unspecified atom stereocenters. The molecule has 1 saturated heterocycles. The molecule has 0 radical (unpaired) electrons. The second-order valence-corrected chi connectivity index (χ2v) is 4.57. The molecule has 0 bridgehead atoms. The van der Waals surface area contributed by atoms with E-state index in [0.29, 0.717) is 0 Å². The molecule has 66 valence electrons. The van der Waals surface area contributed by atoms with Gasteiger partial charge in [0.1, 0.15) is 0 Å². The van der Waals surface area contributed by atoms with E-state index in [9.17, 15) is 0 Å². The van der Waals surface area contributed by atoms with E-state index in [0.717, 1.165) is 6.42 Å². The topological polar surface area (TPSA) is 18.5 Å². The molecule has 2 rings (SSSR count). The minimum absolute atomic E-state index is 0.0741. The molecule has 1 aliphatic carbocycles. The highest BCUT2D eigenvalue weighted by Gasteiger charge is 2.53. The lowest BCUT2D eigenvalue weighted by Gasteiger charge is -2.32. The maximum Gasteiger partial charge on any atom is 0.490 e. The summed E-state index contributed by atoms with van der Waals surface area (Å²) in [7, 11) is -0.0741. The first-order valence-electron chi connectivity index (χ1n) is 4.47. The van der Waals surface area contributed by atoms with Crippen LogP contribution in [0.2, 0.25) is 0 Å². The second-order valence-electron chi connectivity index (χ2n) is 4.57. The van der Waals surface area contributed by atoms with Crippen molar-refractivity contribution in [1.82, 2.24) is 0 Å². The minimum Gasteiger partial charge on any atom is -0.400 e. The molecule has 1 fully saturated rings. The van der Waals surface area contributed by atoms with Crippen LogP contribution in [-0.2, 0) is 9.31 Å². The fraction of sp³-hybridized carbons (Fsp3) is 0.778. The average molecular weight is 166 g/mol. The van der Waals surface area contributed by atoms with Crippen molar-refractivity contribution in [1.29, 1.82) is 0 Å². The van der Waals surface area contributed by atoms with Gasteiger partial charge < -0.3 is 9.31 Å². The van der Waals surface area contributed by atoms with Crippen LogP contribution in [0.15, 0.2) is 11.5 Å². The fourth-order valence-electron chi connectivity index (χ4n) is 1.25. The van der Waals surface area contributed by atoms with Crippen LogP contribution in [-0.4, -0.2) is 18.3 Å². The van der Waals surface area contributed by atoms with Gasteiger partial charge in [-0.15, -0.1) is 0 Å². The number of hydrogen-bond acceptors (Lipinski definition) is 2. The largest absolute Gasteiger partial charge is 0.490 e. The highest BCUT2D eigenvalue weighted by Crippen LogP contribution is 2.41. The van der Waals surface area contributed by atoms with Crippen LogP contribution in [0.3, 0.4) is 0 Å². The summed E-state index contributed by atoms with van der Waals surface area (Å²) in [4.78, 5) is 0. The SMILES string of the molecule is CC1(C)OB(C2=CC2)OC1(C)C. The Morgan fingerprint density at radius 3 is 1.92 bits per heavy atom. The molecule has 0 atom stereocenters. The van der Waals surface area contributed by atoms with Crippen LogP contribution in [0.5, 0.6) is 0 Å². The molecule has 0 amide bonds. The summed E-state index contributed by atoms with van der Waals surface area (Å²) in [5.41, 5.74) is 0.941. The second kappa shape index (κ2) is 2.15. The Bertz CT molecular complexity index is 227. The molecule has 0 spiro atoms. The first-order valence-corrected chi connectivity index (χ1v) is 4.47. The lowest BCUT2D eigenvalue weighted by molar-refractivity contribution is 0.00578. The van der Waals surface area contributed by atoms with Gasteiger partial charge in [-0.25, -0.2) is 0 Å². The Hall–Kier alpha value is -0.275. The van der Waals surface area contributed by atoms with Crippen molar-refractivity contribution < 1.29 is 9.31 Å². The van der Waals surface area contributed by atoms with Crippen molar-refractivity contribution in [2.75, 3.05) is 0 Å². The molecule has 0 saturated carbocycles. The van der Waals surface area contributed by atoms with E-state index in [1.54, 1.807) is 0 Å². The average Bonchev–Trinajstić information content (AvgIpc) is 2.60. The van der Waals surface area contributed by atoms with E-state index in [1.165, 1.54) is 5.47 Å². The molecule has 1 heterocycles. The maximum atomic E-state index is 5.80. The Kier molecular flexibility index (Phi) is 1.49. The van der Waals surface area contributed by atoms with Gasteiger partial charge >= 0.3 is 7.12 Å². The predicted octanol–water partition coefficient (Wildman–Crippen LogP) is 1.95. The lowest BCUT2D eigenvalue weighted by Crippen LogP contribution is -2.41. The van der Waals surface area contributed by atoms with Gasteiger partial charge in [-0.2, -0.15) is 0 Å². The number of allylic oxidation sites excluding steroid dienone is 2. The van der Waals surface area contributed by atoms with Crippen molar-refractivity contribution >= 4 is 7.12 Å². The summed E-state index contributed by atoms with van der Waals surface area (Å²) in [6, 6.07) is 0. The van der Waals surface area contributed by atoms with Gasteiger partial charge in [-0.1, -0.05) is 6.08 Å². The van der Waals surface area contributed by atoms with Crippen molar-refractivity contribution in [2.24, 2.45) is 0 Å². The number of hydrogen-bond donors (Lipinski definition) is 0. The van der Waals surface area contributed by atoms with E-state index in [-0.39, 0.29) is 18.3 Å². The summed E-state index contributed by atoms with van der Waals surface area (Å²) in [6.45, 7) is 8.32. The third-order valence-electron chi connectivity index (χ3n) is 3.00. The highest BCUT2D eigenvalue weighted by molar-refractivity contribution is 6.56. The van der Waals surface area contributed by atoms with Crippen molar-refractivity contribution in [2.45, 2.75) is 45.3 Å². The smallest absolute Gasteiger partial charge is 0.400 e. The van der Waals surface area contributed by atoms with Crippen molar-refractivity contribution in [3.8, 4) is 0 Å². The molecule has 12 heavy (non-hydrogen) atoms. The van der Waals surface area contributed by atoms with Gasteiger partial charge in [0, 0.05) is 0 Å². The van der Waals surface area contributed by atoms with Crippen molar-refractivity contribution in [3.05, 3.63) is 11.5 Å². The zero-order chi connectivity index (χ0) is 8.98. The lowest BCUT2D eigenvalue weighted by atomic mass is 9.86. The standard InChI is InChI=1S/C9H15BO2/c1-8(2)9(3,4)12-10(11-8)7-5-6-7/h5H,6H2,1-4H3. The Morgan fingerprint density at radius 2 is 1.58 bits per heavy atom. The summed E-state index contributed by atoms with van der Waals surface area (Å²) >= 11 is 0. The highest BCUT2D eigenvalue weighted by atomic mass is 16.7. The molecule has 2 aliphatic rings. The summed E-state index contributed by atoms with van der Waals surface area (Å²) < 4.78 is 11.6. The quantitative estimate of drug-likeness (QED) is 0.554. The predicted molar refractivity (Wildman–Crippen MR) is 48.8 cm³/mol. The van der Waals surface area contributed by atoms with E-state index in [1.807, 2.05) is 0 Å². The van der Waals surface area contributed by atoms with Gasteiger partial charge in [0.15, 0.2) is 0 Å². The van der Waals surface area contributed by atoms with E-state index in [4.69, 9.17) is 9.31 Å². The minimum atomic E-state index is -0.179. The van der Waals surface area contributed by atoms with Crippen LogP contribution in [0.4, 0.5) is 0 Å². The summed E-state index contributed by atoms with van der Waals surface area (Å²) in [6.07, 6.45) is 3.22. The first kappa shape index (κ1) is 8.33. The molecule has 0 aromatic heterocycles. The third kappa shape index (κ3) is 1.12. The Labute approximate surface area is 74.1 Å². The van der Waals surface area contributed by atoms with Crippen LogP contribution >= 0.6 is 0 Å². The Balaban J connectivity index is 2.15. The maximum absolute atomic E-state index is 5.80. The molecule has 2 nitrogen and oxygen atoms in total. The molecule has 1 aliphatic heterocycles. The molecule has 0 aromatic carbocycles. The van der Waals surface area contributed by atoms with Gasteiger partial charge in [0.05, 0.1) is 11.2 Å². The van der Waals surface area contributed by atoms with E-state index in [2.05, 4.69) is 33.8 Å². The number of rotatable bonds is 1. The normalized spacial score (nSPS) is 30.3. The molecule has 0 aromatic rings. The van der Waals surface area contributed by atoms with E-state index >= 15 is 0 Å².